The Morgan fingerprint density at radius 2 is 1.89 bits per heavy atom. The summed E-state index contributed by atoms with van der Waals surface area (Å²) in [5.74, 6) is 0. The Hall–Kier alpha value is -1.67. The topological polar surface area (TPSA) is 38.9 Å². The maximum absolute atomic E-state index is 6.18. The van der Waals surface area contributed by atoms with Crippen LogP contribution in [0.3, 0.4) is 0 Å². The van der Waals surface area contributed by atoms with Gasteiger partial charge in [-0.1, -0.05) is 43.3 Å². The second-order valence-electron chi connectivity index (χ2n) is 4.92. The summed E-state index contributed by atoms with van der Waals surface area (Å²) < 4.78 is 0. The van der Waals surface area contributed by atoms with Crippen molar-refractivity contribution >= 4 is 0 Å². The highest BCUT2D eigenvalue weighted by atomic mass is 14.7. The molecule has 2 nitrogen and oxygen atoms in total. The monoisotopic (exact) mass is 254 g/mol. The van der Waals surface area contributed by atoms with Crippen molar-refractivity contribution in [2.45, 2.75) is 38.6 Å². The van der Waals surface area contributed by atoms with Crippen molar-refractivity contribution in [3.05, 3.63) is 65.5 Å². The quantitative estimate of drug-likeness (QED) is 0.854. The van der Waals surface area contributed by atoms with Crippen LogP contribution in [0, 0.1) is 0 Å². The normalized spacial score (nSPS) is 12.3. The minimum absolute atomic E-state index is 0.135. The van der Waals surface area contributed by atoms with Crippen molar-refractivity contribution < 1.29 is 0 Å². The van der Waals surface area contributed by atoms with E-state index in [9.17, 15) is 0 Å². The highest BCUT2D eigenvalue weighted by Gasteiger charge is 2.05. The van der Waals surface area contributed by atoms with Gasteiger partial charge in [0, 0.05) is 17.9 Å². The molecule has 0 fully saturated rings. The Bertz CT molecular complexity index is 476. The molecular formula is C17H22N2. The van der Waals surface area contributed by atoms with Gasteiger partial charge in [0.05, 0.1) is 0 Å². The van der Waals surface area contributed by atoms with Gasteiger partial charge in [-0.25, -0.2) is 0 Å². The number of rotatable bonds is 6. The molecule has 0 aliphatic carbocycles. The van der Waals surface area contributed by atoms with E-state index in [-0.39, 0.29) is 6.04 Å². The van der Waals surface area contributed by atoms with Crippen LogP contribution in [0.1, 0.15) is 42.6 Å². The molecule has 1 aromatic carbocycles. The number of nitrogens with two attached hydrogens (primary N) is 1. The van der Waals surface area contributed by atoms with E-state index in [1.807, 2.05) is 24.4 Å². The van der Waals surface area contributed by atoms with E-state index < -0.39 is 0 Å². The van der Waals surface area contributed by atoms with Gasteiger partial charge in [0.15, 0.2) is 0 Å². The van der Waals surface area contributed by atoms with Crippen LogP contribution in [0.25, 0.3) is 0 Å². The molecule has 0 spiro atoms. The highest BCUT2D eigenvalue weighted by molar-refractivity contribution is 5.18. The van der Waals surface area contributed by atoms with Crippen molar-refractivity contribution in [2.75, 3.05) is 0 Å². The van der Waals surface area contributed by atoms with E-state index in [1.165, 1.54) is 11.1 Å². The zero-order valence-corrected chi connectivity index (χ0v) is 11.5. The molecule has 0 amide bonds. The Morgan fingerprint density at radius 1 is 1.11 bits per heavy atom. The lowest BCUT2D eigenvalue weighted by molar-refractivity contribution is 0.607. The summed E-state index contributed by atoms with van der Waals surface area (Å²) in [7, 11) is 0. The lowest BCUT2D eigenvalue weighted by Crippen LogP contribution is -2.10. The van der Waals surface area contributed by atoms with Crippen LogP contribution in [0.15, 0.2) is 48.7 Å². The Balaban J connectivity index is 1.79. The molecule has 0 bridgehead atoms. The lowest BCUT2D eigenvalue weighted by Gasteiger charge is -2.11. The van der Waals surface area contributed by atoms with Crippen LogP contribution in [-0.2, 0) is 12.8 Å². The third-order valence-electron chi connectivity index (χ3n) is 3.47. The Kier molecular flexibility index (Phi) is 5.10. The number of benzene rings is 1. The molecule has 2 aromatic rings. The average molecular weight is 254 g/mol. The summed E-state index contributed by atoms with van der Waals surface area (Å²) in [5, 5.41) is 0. The first-order valence-electron chi connectivity index (χ1n) is 7.04. The molecule has 0 aliphatic rings. The molecule has 0 aliphatic heterocycles. The number of pyridine rings is 1. The SMILES string of the molecule is CCc1ccc(CCCC(N)c2ccccc2)nc1. The maximum Gasteiger partial charge on any atom is 0.0403 e. The minimum atomic E-state index is 0.135. The average Bonchev–Trinajstić information content (AvgIpc) is 2.49. The van der Waals surface area contributed by atoms with Gasteiger partial charge in [0.2, 0.25) is 0 Å². The number of hydrogen-bond acceptors (Lipinski definition) is 2. The molecule has 2 rings (SSSR count). The predicted octanol–water partition coefficient (Wildman–Crippen LogP) is 3.67. The molecule has 2 N–H and O–H groups in total. The summed E-state index contributed by atoms with van der Waals surface area (Å²) in [5.41, 5.74) is 9.86. The smallest absolute Gasteiger partial charge is 0.0403 e. The number of hydrogen-bond donors (Lipinski definition) is 1. The third kappa shape index (κ3) is 4.18. The fourth-order valence-electron chi connectivity index (χ4n) is 2.18. The van der Waals surface area contributed by atoms with Gasteiger partial charge < -0.3 is 5.73 Å². The Labute approximate surface area is 115 Å². The second-order valence-corrected chi connectivity index (χ2v) is 4.92. The van der Waals surface area contributed by atoms with Crippen molar-refractivity contribution in [3.8, 4) is 0 Å². The molecule has 2 heteroatoms. The van der Waals surface area contributed by atoms with Gasteiger partial charge in [-0.15, -0.1) is 0 Å². The third-order valence-corrected chi connectivity index (χ3v) is 3.47. The van der Waals surface area contributed by atoms with Crippen LogP contribution >= 0.6 is 0 Å². The first-order valence-corrected chi connectivity index (χ1v) is 7.04. The molecule has 1 atom stereocenters. The van der Waals surface area contributed by atoms with Gasteiger partial charge in [0.25, 0.3) is 0 Å². The van der Waals surface area contributed by atoms with Crippen LogP contribution in [0.4, 0.5) is 0 Å². The standard InChI is InChI=1S/C17H22N2/c1-2-14-11-12-16(19-13-14)9-6-10-17(18)15-7-4-3-5-8-15/h3-5,7-8,11-13,17H,2,6,9-10,18H2,1H3. The summed E-state index contributed by atoms with van der Waals surface area (Å²) in [6.45, 7) is 2.15. The minimum Gasteiger partial charge on any atom is -0.324 e. The van der Waals surface area contributed by atoms with Crippen molar-refractivity contribution in [1.82, 2.24) is 4.98 Å². The second kappa shape index (κ2) is 7.05. The lowest BCUT2D eigenvalue weighted by atomic mass is 10.0. The number of nitrogens with zero attached hydrogens (tertiary/aromatic N) is 1. The largest absolute Gasteiger partial charge is 0.324 e. The van der Waals surface area contributed by atoms with Crippen molar-refractivity contribution in [2.24, 2.45) is 5.73 Å². The number of aryl methyl sites for hydroxylation is 2. The van der Waals surface area contributed by atoms with Crippen LogP contribution in [0.5, 0.6) is 0 Å². The molecule has 0 saturated heterocycles. The van der Waals surface area contributed by atoms with Gasteiger partial charge in [0.1, 0.15) is 0 Å². The number of aromatic nitrogens is 1. The zero-order valence-electron chi connectivity index (χ0n) is 11.5. The molecule has 0 radical (unpaired) electrons. The molecule has 100 valence electrons. The highest BCUT2D eigenvalue weighted by Crippen LogP contribution is 2.16. The first-order chi connectivity index (χ1) is 9.29. The molecule has 1 unspecified atom stereocenters. The van der Waals surface area contributed by atoms with Crippen molar-refractivity contribution in [1.29, 1.82) is 0 Å². The zero-order chi connectivity index (χ0) is 13.5. The molecule has 1 heterocycles. The molecule has 1 aromatic heterocycles. The molecule has 19 heavy (non-hydrogen) atoms. The van der Waals surface area contributed by atoms with Gasteiger partial charge in [-0.3, -0.25) is 4.98 Å². The van der Waals surface area contributed by atoms with Crippen LogP contribution < -0.4 is 5.73 Å². The van der Waals surface area contributed by atoms with Gasteiger partial charge in [-0.2, -0.15) is 0 Å². The van der Waals surface area contributed by atoms with E-state index in [4.69, 9.17) is 5.73 Å². The van der Waals surface area contributed by atoms with Gasteiger partial charge in [-0.05, 0) is 42.9 Å². The summed E-state index contributed by atoms with van der Waals surface area (Å²) in [4.78, 5) is 4.48. The van der Waals surface area contributed by atoms with Crippen LogP contribution in [-0.4, -0.2) is 4.98 Å². The first kappa shape index (κ1) is 13.8. The maximum atomic E-state index is 6.18. The Morgan fingerprint density at radius 3 is 2.53 bits per heavy atom. The fraction of sp³-hybridized carbons (Fsp3) is 0.353. The van der Waals surface area contributed by atoms with E-state index in [0.29, 0.717) is 0 Å². The van der Waals surface area contributed by atoms with E-state index in [0.717, 1.165) is 31.4 Å². The fourth-order valence-corrected chi connectivity index (χ4v) is 2.18. The van der Waals surface area contributed by atoms with Crippen LogP contribution in [0.2, 0.25) is 0 Å². The van der Waals surface area contributed by atoms with Gasteiger partial charge >= 0.3 is 0 Å². The molecule has 0 saturated carbocycles. The predicted molar refractivity (Wildman–Crippen MR) is 79.9 cm³/mol. The van der Waals surface area contributed by atoms with Crippen molar-refractivity contribution in [3.63, 3.8) is 0 Å². The summed E-state index contributed by atoms with van der Waals surface area (Å²) >= 11 is 0. The van der Waals surface area contributed by atoms with E-state index >= 15 is 0 Å². The molecular weight excluding hydrogens is 232 g/mol. The summed E-state index contributed by atoms with van der Waals surface area (Å²) in [6, 6.07) is 14.7. The van der Waals surface area contributed by atoms with E-state index in [2.05, 4.69) is 36.2 Å². The van der Waals surface area contributed by atoms with E-state index in [1.54, 1.807) is 0 Å². The summed E-state index contributed by atoms with van der Waals surface area (Å²) in [6.07, 6.45) is 6.11.